The third-order valence-corrected chi connectivity index (χ3v) is 2.71. The van der Waals surface area contributed by atoms with Gasteiger partial charge in [-0.05, 0) is 20.4 Å². The summed E-state index contributed by atoms with van der Waals surface area (Å²) >= 11 is 0. The van der Waals surface area contributed by atoms with Crippen LogP contribution in [0.15, 0.2) is 0 Å². The van der Waals surface area contributed by atoms with Gasteiger partial charge in [0.2, 0.25) is 0 Å². The van der Waals surface area contributed by atoms with Crippen molar-refractivity contribution >= 4 is 5.78 Å². The number of ketones is 1. The number of hydrogen-bond acceptors (Lipinski definition) is 2. The van der Waals surface area contributed by atoms with Crippen LogP contribution in [0.5, 0.6) is 0 Å². The maximum atomic E-state index is 11.7. The van der Waals surface area contributed by atoms with Crippen LogP contribution in [0.4, 0.5) is 0 Å². The van der Waals surface area contributed by atoms with Crippen LogP contribution in [0.2, 0.25) is 0 Å². The summed E-state index contributed by atoms with van der Waals surface area (Å²) in [5.41, 5.74) is -0.0872. The van der Waals surface area contributed by atoms with Crippen LogP contribution in [0.25, 0.3) is 0 Å². The minimum Gasteiger partial charge on any atom is -0.311 e. The van der Waals surface area contributed by atoms with Gasteiger partial charge in [0.05, 0.1) is 0 Å². The van der Waals surface area contributed by atoms with Crippen LogP contribution in [0, 0.1) is 11.8 Å². The van der Waals surface area contributed by atoms with Crippen LogP contribution >= 0.6 is 0 Å². The quantitative estimate of drug-likeness (QED) is 0.711. The van der Waals surface area contributed by atoms with Crippen molar-refractivity contribution in [2.75, 3.05) is 6.54 Å². The van der Waals surface area contributed by atoms with Gasteiger partial charge in [0.15, 0.2) is 0 Å². The zero-order chi connectivity index (χ0) is 10.6. The number of hydrogen-bond donors (Lipinski definition) is 1. The fourth-order valence-electron chi connectivity index (χ4n) is 1.46. The highest BCUT2D eigenvalue weighted by molar-refractivity contribution is 5.83. The van der Waals surface area contributed by atoms with Gasteiger partial charge in [0.1, 0.15) is 5.78 Å². The molecule has 0 bridgehead atoms. The van der Waals surface area contributed by atoms with E-state index in [1.54, 1.807) is 0 Å². The fraction of sp³-hybridized carbons (Fsp3) is 0.909. The van der Waals surface area contributed by atoms with Crippen LogP contribution in [0.1, 0.15) is 41.5 Å². The summed E-state index contributed by atoms with van der Waals surface area (Å²) in [6.07, 6.45) is 0. The molecular weight excluding hydrogens is 162 g/mol. The van der Waals surface area contributed by atoms with Crippen LogP contribution in [0.3, 0.4) is 0 Å². The van der Waals surface area contributed by atoms with Gasteiger partial charge in [0, 0.05) is 17.4 Å². The van der Waals surface area contributed by atoms with Crippen LogP contribution in [-0.2, 0) is 4.79 Å². The molecule has 0 aliphatic carbocycles. The average molecular weight is 185 g/mol. The van der Waals surface area contributed by atoms with E-state index in [0.29, 0.717) is 5.78 Å². The van der Waals surface area contributed by atoms with Crippen molar-refractivity contribution in [1.82, 2.24) is 5.32 Å². The topological polar surface area (TPSA) is 29.1 Å². The third kappa shape index (κ3) is 3.47. The van der Waals surface area contributed by atoms with Crippen molar-refractivity contribution in [2.24, 2.45) is 11.8 Å². The summed E-state index contributed by atoms with van der Waals surface area (Å²) in [5, 5.41) is 3.34. The molecule has 0 spiro atoms. The molecule has 0 aromatic carbocycles. The first-order chi connectivity index (χ1) is 5.83. The maximum Gasteiger partial charge on any atom is 0.140 e. The minimum absolute atomic E-state index is 0.0763. The Morgan fingerprint density at radius 3 is 2.08 bits per heavy atom. The summed E-state index contributed by atoms with van der Waals surface area (Å²) in [5.74, 6) is 0.548. The van der Waals surface area contributed by atoms with Crippen molar-refractivity contribution in [3.8, 4) is 0 Å². The predicted octanol–water partition coefficient (Wildman–Crippen LogP) is 2.24. The Hall–Kier alpha value is -0.370. The first kappa shape index (κ1) is 12.6. The normalized spacial score (nSPS) is 14.7. The molecule has 0 heterocycles. The predicted molar refractivity (Wildman–Crippen MR) is 56.8 cm³/mol. The van der Waals surface area contributed by atoms with Crippen LogP contribution in [-0.4, -0.2) is 17.9 Å². The van der Waals surface area contributed by atoms with Crippen molar-refractivity contribution in [1.29, 1.82) is 0 Å². The Morgan fingerprint density at radius 2 is 1.77 bits per heavy atom. The molecule has 0 unspecified atom stereocenters. The minimum atomic E-state index is -0.0872. The van der Waals surface area contributed by atoms with Gasteiger partial charge in [-0.15, -0.1) is 0 Å². The second kappa shape index (κ2) is 4.75. The molecular formula is C11H23NO. The largest absolute Gasteiger partial charge is 0.311 e. The molecule has 0 aliphatic heterocycles. The van der Waals surface area contributed by atoms with E-state index < -0.39 is 0 Å². The fourth-order valence-corrected chi connectivity index (χ4v) is 1.46. The molecule has 78 valence electrons. The lowest BCUT2D eigenvalue weighted by molar-refractivity contribution is -0.127. The zero-order valence-electron chi connectivity index (χ0n) is 9.77. The third-order valence-electron chi connectivity index (χ3n) is 2.71. The highest BCUT2D eigenvalue weighted by atomic mass is 16.1. The summed E-state index contributed by atoms with van der Waals surface area (Å²) in [6, 6.07) is 0. The summed E-state index contributed by atoms with van der Waals surface area (Å²) in [7, 11) is 0. The van der Waals surface area contributed by atoms with Crippen molar-refractivity contribution < 1.29 is 4.79 Å². The van der Waals surface area contributed by atoms with Crippen molar-refractivity contribution in [3.63, 3.8) is 0 Å². The molecule has 1 N–H and O–H groups in total. The van der Waals surface area contributed by atoms with Gasteiger partial charge in [-0.2, -0.15) is 0 Å². The lowest BCUT2D eigenvalue weighted by atomic mass is 9.82. The van der Waals surface area contributed by atoms with Gasteiger partial charge in [-0.25, -0.2) is 0 Å². The second-order valence-electron chi connectivity index (χ2n) is 4.53. The zero-order valence-corrected chi connectivity index (χ0v) is 9.77. The molecule has 0 aliphatic rings. The van der Waals surface area contributed by atoms with Crippen molar-refractivity contribution in [2.45, 2.75) is 47.1 Å². The average Bonchev–Trinajstić information content (AvgIpc) is 2.01. The molecule has 0 saturated carbocycles. The molecule has 2 nitrogen and oxygen atoms in total. The van der Waals surface area contributed by atoms with Crippen molar-refractivity contribution in [3.05, 3.63) is 0 Å². The first-order valence-corrected chi connectivity index (χ1v) is 5.11. The summed E-state index contributed by atoms with van der Waals surface area (Å²) < 4.78 is 0. The first-order valence-electron chi connectivity index (χ1n) is 5.11. The SMILES string of the molecule is CCNC(C)(C)[C@H](C)C(=O)C(C)C. The molecule has 0 aromatic heterocycles. The van der Waals surface area contributed by atoms with E-state index in [1.165, 1.54) is 0 Å². The Morgan fingerprint density at radius 1 is 1.31 bits per heavy atom. The standard InChI is InChI=1S/C11H23NO/c1-7-12-11(5,6)9(4)10(13)8(2)3/h8-9,12H,7H2,1-6H3/t9-/m1/s1. The molecule has 2 heteroatoms. The van der Waals surface area contributed by atoms with Gasteiger partial charge < -0.3 is 5.32 Å². The summed E-state index contributed by atoms with van der Waals surface area (Å²) in [6.45, 7) is 13.1. The summed E-state index contributed by atoms with van der Waals surface area (Å²) in [4.78, 5) is 11.7. The van der Waals surface area contributed by atoms with Crippen LogP contribution < -0.4 is 5.32 Å². The van der Waals surface area contributed by atoms with E-state index in [-0.39, 0.29) is 17.4 Å². The number of carbonyl (C=O) groups is 1. The van der Waals surface area contributed by atoms with E-state index in [2.05, 4.69) is 26.1 Å². The number of Topliss-reactive ketones (excluding diaryl/α,β-unsaturated/α-hetero) is 1. The van der Waals surface area contributed by atoms with E-state index >= 15 is 0 Å². The molecule has 13 heavy (non-hydrogen) atoms. The molecule has 0 amide bonds. The number of carbonyl (C=O) groups excluding carboxylic acids is 1. The molecule has 1 atom stereocenters. The van der Waals surface area contributed by atoms with Gasteiger partial charge >= 0.3 is 0 Å². The van der Waals surface area contributed by atoms with Gasteiger partial charge in [-0.3, -0.25) is 4.79 Å². The Kier molecular flexibility index (Phi) is 4.62. The Balaban J connectivity index is 4.39. The lowest BCUT2D eigenvalue weighted by Crippen LogP contribution is -2.48. The Labute approximate surface area is 82.1 Å². The van der Waals surface area contributed by atoms with E-state index in [4.69, 9.17) is 0 Å². The smallest absolute Gasteiger partial charge is 0.140 e. The van der Waals surface area contributed by atoms with E-state index in [1.807, 2.05) is 20.8 Å². The van der Waals surface area contributed by atoms with E-state index in [9.17, 15) is 4.79 Å². The Bertz CT molecular complexity index is 173. The molecule has 0 saturated heterocycles. The number of nitrogens with one attached hydrogen (secondary N) is 1. The maximum absolute atomic E-state index is 11.7. The van der Waals surface area contributed by atoms with Gasteiger partial charge in [-0.1, -0.05) is 27.7 Å². The highest BCUT2D eigenvalue weighted by Gasteiger charge is 2.31. The molecule has 0 rings (SSSR count). The number of rotatable bonds is 5. The van der Waals surface area contributed by atoms with E-state index in [0.717, 1.165) is 6.54 Å². The monoisotopic (exact) mass is 185 g/mol. The lowest BCUT2D eigenvalue weighted by Gasteiger charge is -2.32. The second-order valence-corrected chi connectivity index (χ2v) is 4.53. The highest BCUT2D eigenvalue weighted by Crippen LogP contribution is 2.20. The van der Waals surface area contributed by atoms with Gasteiger partial charge in [0.25, 0.3) is 0 Å². The molecule has 0 aromatic rings. The molecule has 0 fully saturated rings. The molecule has 0 radical (unpaired) electrons.